The topological polar surface area (TPSA) is 93.5 Å². The molecule has 3 aromatic rings. The highest BCUT2D eigenvalue weighted by Crippen LogP contribution is 2.27. The van der Waals surface area contributed by atoms with E-state index in [9.17, 15) is 14.4 Å². The molecule has 1 N–H and O–H groups in total. The van der Waals surface area contributed by atoms with Crippen molar-refractivity contribution >= 4 is 17.5 Å². The number of carbonyl (C=O) groups excluding carboxylic acids is 2. The molecular formula is C26H28N4O4. The molecule has 1 unspecified atom stereocenters. The van der Waals surface area contributed by atoms with Gasteiger partial charge in [-0.3, -0.25) is 14.4 Å². The van der Waals surface area contributed by atoms with Crippen molar-refractivity contribution in [3.05, 3.63) is 76.1 Å². The fourth-order valence-electron chi connectivity index (χ4n) is 3.98. The van der Waals surface area contributed by atoms with Crippen molar-refractivity contribution in [3.8, 4) is 17.0 Å². The molecule has 0 radical (unpaired) electrons. The molecule has 0 bridgehead atoms. The zero-order chi connectivity index (χ0) is 24.2. The van der Waals surface area contributed by atoms with E-state index in [0.29, 0.717) is 12.2 Å². The van der Waals surface area contributed by atoms with Crippen LogP contribution in [0.25, 0.3) is 11.3 Å². The largest absolute Gasteiger partial charge is 0.497 e. The number of methoxy groups -OCH3 is 1. The Balaban J connectivity index is 1.36. The SMILES string of the molecule is COc1ccc(-c2ccc(=O)n(CCNC(=O)C3CC(=O)N(c4ccc(C)c(C)c4)C3)n2)cc1. The van der Waals surface area contributed by atoms with Crippen molar-refractivity contribution < 1.29 is 14.3 Å². The van der Waals surface area contributed by atoms with E-state index in [2.05, 4.69) is 10.4 Å². The van der Waals surface area contributed by atoms with Crippen LogP contribution >= 0.6 is 0 Å². The van der Waals surface area contributed by atoms with Crippen LogP contribution in [0.1, 0.15) is 17.5 Å². The van der Waals surface area contributed by atoms with Gasteiger partial charge in [0.1, 0.15) is 5.75 Å². The maximum absolute atomic E-state index is 12.7. The molecule has 0 aliphatic carbocycles. The molecule has 0 spiro atoms. The van der Waals surface area contributed by atoms with Gasteiger partial charge in [-0.2, -0.15) is 5.10 Å². The van der Waals surface area contributed by atoms with Crippen LogP contribution in [0.2, 0.25) is 0 Å². The highest BCUT2D eigenvalue weighted by Gasteiger charge is 2.35. The normalized spacial score (nSPS) is 15.4. The van der Waals surface area contributed by atoms with Gasteiger partial charge in [0, 0.05) is 36.8 Å². The predicted octanol–water partition coefficient (Wildman–Crippen LogP) is 2.71. The number of rotatable bonds is 7. The number of amides is 2. The van der Waals surface area contributed by atoms with Gasteiger partial charge in [0.2, 0.25) is 11.8 Å². The Labute approximate surface area is 198 Å². The van der Waals surface area contributed by atoms with Gasteiger partial charge in [0.25, 0.3) is 5.56 Å². The summed E-state index contributed by atoms with van der Waals surface area (Å²) >= 11 is 0. The van der Waals surface area contributed by atoms with Crippen molar-refractivity contribution in [1.82, 2.24) is 15.1 Å². The molecule has 176 valence electrons. The van der Waals surface area contributed by atoms with E-state index in [1.807, 2.05) is 56.3 Å². The van der Waals surface area contributed by atoms with Gasteiger partial charge in [-0.1, -0.05) is 6.07 Å². The van der Waals surface area contributed by atoms with Crippen LogP contribution in [0.4, 0.5) is 5.69 Å². The van der Waals surface area contributed by atoms with Gasteiger partial charge in [-0.25, -0.2) is 4.68 Å². The smallest absolute Gasteiger partial charge is 0.266 e. The van der Waals surface area contributed by atoms with Gasteiger partial charge >= 0.3 is 0 Å². The molecule has 1 aromatic heterocycles. The molecule has 8 heteroatoms. The summed E-state index contributed by atoms with van der Waals surface area (Å²) in [7, 11) is 1.60. The van der Waals surface area contributed by atoms with E-state index in [1.54, 1.807) is 18.1 Å². The fraction of sp³-hybridized carbons (Fsp3) is 0.308. The average molecular weight is 461 g/mol. The molecule has 2 amide bonds. The number of benzene rings is 2. The summed E-state index contributed by atoms with van der Waals surface area (Å²) in [5.41, 5.74) is 4.34. The van der Waals surface area contributed by atoms with E-state index in [0.717, 1.165) is 28.1 Å². The van der Waals surface area contributed by atoms with Crippen LogP contribution in [-0.2, 0) is 16.1 Å². The quantitative estimate of drug-likeness (QED) is 0.585. The van der Waals surface area contributed by atoms with E-state index in [-0.39, 0.29) is 36.9 Å². The minimum Gasteiger partial charge on any atom is -0.497 e. The predicted molar refractivity (Wildman–Crippen MR) is 130 cm³/mol. The second kappa shape index (κ2) is 9.91. The minimum absolute atomic E-state index is 0.0616. The number of hydrogen-bond acceptors (Lipinski definition) is 5. The first-order chi connectivity index (χ1) is 16.4. The standard InChI is InChI=1S/C26H28N4O4/c1-17-4-7-21(14-18(17)2)29-16-20(15-25(29)32)26(33)27-12-13-30-24(31)11-10-23(28-30)19-5-8-22(34-3)9-6-19/h4-11,14,20H,12-13,15-16H2,1-3H3,(H,27,33). The summed E-state index contributed by atoms with van der Waals surface area (Å²) in [6.45, 7) is 4.85. The number of ether oxygens (including phenoxy) is 1. The zero-order valence-electron chi connectivity index (χ0n) is 19.6. The highest BCUT2D eigenvalue weighted by molar-refractivity contribution is 6.00. The Hall–Kier alpha value is -3.94. The number of hydrogen-bond donors (Lipinski definition) is 1. The lowest BCUT2D eigenvalue weighted by atomic mass is 10.1. The van der Waals surface area contributed by atoms with Crippen LogP contribution < -0.4 is 20.5 Å². The van der Waals surface area contributed by atoms with Crippen LogP contribution in [-0.4, -0.2) is 41.8 Å². The summed E-state index contributed by atoms with van der Waals surface area (Å²) in [6, 6.07) is 16.4. The summed E-state index contributed by atoms with van der Waals surface area (Å²) in [4.78, 5) is 39.1. The minimum atomic E-state index is -0.426. The Morgan fingerprint density at radius 2 is 1.82 bits per heavy atom. The second-order valence-corrected chi connectivity index (χ2v) is 8.47. The summed E-state index contributed by atoms with van der Waals surface area (Å²) in [5, 5.41) is 7.27. The van der Waals surface area contributed by atoms with Gasteiger partial charge in [0.05, 0.1) is 25.3 Å². The first kappa shape index (κ1) is 23.2. The van der Waals surface area contributed by atoms with E-state index >= 15 is 0 Å². The summed E-state index contributed by atoms with van der Waals surface area (Å²) < 4.78 is 6.51. The average Bonchev–Trinajstić information content (AvgIpc) is 3.23. The molecule has 2 aromatic carbocycles. The summed E-state index contributed by atoms with van der Waals surface area (Å²) in [6.07, 6.45) is 0.171. The fourth-order valence-corrected chi connectivity index (χ4v) is 3.98. The lowest BCUT2D eigenvalue weighted by Crippen LogP contribution is -2.36. The molecule has 4 rings (SSSR count). The van der Waals surface area contributed by atoms with Gasteiger partial charge < -0.3 is 15.0 Å². The molecular weight excluding hydrogens is 432 g/mol. The van der Waals surface area contributed by atoms with Crippen molar-refractivity contribution in [2.75, 3.05) is 25.1 Å². The maximum atomic E-state index is 12.7. The highest BCUT2D eigenvalue weighted by atomic mass is 16.5. The lowest BCUT2D eigenvalue weighted by molar-refractivity contribution is -0.126. The third kappa shape index (κ3) is 5.01. The van der Waals surface area contributed by atoms with Gasteiger partial charge in [-0.05, 0) is 67.4 Å². The number of nitrogens with zero attached hydrogens (tertiary/aromatic N) is 3. The molecule has 0 saturated carbocycles. The number of nitrogens with one attached hydrogen (secondary N) is 1. The molecule has 1 fully saturated rings. The van der Waals surface area contributed by atoms with Crippen LogP contribution in [0.15, 0.2) is 59.4 Å². The van der Waals surface area contributed by atoms with Gasteiger partial charge in [-0.15, -0.1) is 0 Å². The maximum Gasteiger partial charge on any atom is 0.266 e. The lowest BCUT2D eigenvalue weighted by Gasteiger charge is -2.18. The van der Waals surface area contributed by atoms with E-state index in [4.69, 9.17) is 4.74 Å². The van der Waals surface area contributed by atoms with E-state index < -0.39 is 5.92 Å². The monoisotopic (exact) mass is 460 g/mol. The molecule has 1 atom stereocenters. The number of carbonyl (C=O) groups is 2. The Bertz CT molecular complexity index is 1270. The number of aryl methyl sites for hydroxylation is 2. The Morgan fingerprint density at radius 3 is 2.53 bits per heavy atom. The molecule has 1 saturated heterocycles. The van der Waals surface area contributed by atoms with Crippen molar-refractivity contribution in [2.24, 2.45) is 5.92 Å². The molecule has 8 nitrogen and oxygen atoms in total. The van der Waals surface area contributed by atoms with Crippen LogP contribution in [0.3, 0.4) is 0 Å². The van der Waals surface area contributed by atoms with Crippen molar-refractivity contribution in [3.63, 3.8) is 0 Å². The van der Waals surface area contributed by atoms with Crippen molar-refractivity contribution in [2.45, 2.75) is 26.8 Å². The summed E-state index contributed by atoms with van der Waals surface area (Å²) in [5.74, 6) is 0.0539. The Morgan fingerprint density at radius 1 is 1.06 bits per heavy atom. The Kier molecular flexibility index (Phi) is 6.77. The molecule has 2 heterocycles. The van der Waals surface area contributed by atoms with E-state index in [1.165, 1.54) is 10.7 Å². The second-order valence-electron chi connectivity index (χ2n) is 8.47. The zero-order valence-corrected chi connectivity index (χ0v) is 19.6. The van der Waals surface area contributed by atoms with Crippen molar-refractivity contribution in [1.29, 1.82) is 0 Å². The molecule has 1 aliphatic rings. The third-order valence-corrected chi connectivity index (χ3v) is 6.17. The molecule has 1 aliphatic heterocycles. The number of anilines is 1. The number of aromatic nitrogens is 2. The first-order valence-corrected chi connectivity index (χ1v) is 11.2. The van der Waals surface area contributed by atoms with Crippen LogP contribution in [0.5, 0.6) is 5.75 Å². The molecule has 34 heavy (non-hydrogen) atoms. The third-order valence-electron chi connectivity index (χ3n) is 6.17. The van der Waals surface area contributed by atoms with Crippen LogP contribution in [0, 0.1) is 19.8 Å². The van der Waals surface area contributed by atoms with Gasteiger partial charge in [0.15, 0.2) is 0 Å². The first-order valence-electron chi connectivity index (χ1n) is 11.2.